The number of anilines is 1. The van der Waals surface area contributed by atoms with Crippen molar-refractivity contribution >= 4 is 22.6 Å². The van der Waals surface area contributed by atoms with Crippen molar-refractivity contribution in [2.75, 3.05) is 5.32 Å². The van der Waals surface area contributed by atoms with Crippen LogP contribution in [0, 0.1) is 0 Å². The molecule has 0 atom stereocenters. The molecule has 8 heteroatoms. The number of aryl methyl sites for hydroxylation is 2. The molecule has 0 bridgehead atoms. The molecule has 0 fully saturated rings. The monoisotopic (exact) mass is 443 g/mol. The maximum Gasteiger partial charge on any atom is 0.332 e. The standard InChI is InChI=1S/C25H25N5O3/c1-3-18-7-5-8-19(4-2)22(18)28-21(31)16-29-20-9-6-12-27-23(20)24(32)30(25(29)33)15-17-10-13-26-14-11-17/h5-14H,3-4,15-16H2,1-2H3,(H,28,31). The molecule has 0 spiro atoms. The van der Waals surface area contributed by atoms with E-state index in [0.717, 1.165) is 39.8 Å². The number of rotatable bonds is 7. The van der Waals surface area contributed by atoms with Gasteiger partial charge in [0, 0.05) is 24.3 Å². The van der Waals surface area contributed by atoms with Crippen LogP contribution in [0.25, 0.3) is 11.0 Å². The van der Waals surface area contributed by atoms with Crippen molar-refractivity contribution in [1.29, 1.82) is 0 Å². The molecule has 1 amide bonds. The summed E-state index contributed by atoms with van der Waals surface area (Å²) in [4.78, 5) is 47.6. The van der Waals surface area contributed by atoms with E-state index in [-0.39, 0.29) is 24.5 Å². The predicted molar refractivity (Wildman–Crippen MR) is 127 cm³/mol. The number of hydrogen-bond donors (Lipinski definition) is 1. The van der Waals surface area contributed by atoms with Crippen LogP contribution >= 0.6 is 0 Å². The van der Waals surface area contributed by atoms with E-state index >= 15 is 0 Å². The van der Waals surface area contributed by atoms with Gasteiger partial charge in [0.1, 0.15) is 6.54 Å². The number of benzene rings is 1. The number of amides is 1. The van der Waals surface area contributed by atoms with E-state index in [1.165, 1.54) is 10.8 Å². The van der Waals surface area contributed by atoms with E-state index < -0.39 is 11.2 Å². The highest BCUT2D eigenvalue weighted by Gasteiger charge is 2.17. The third kappa shape index (κ3) is 4.45. The fourth-order valence-electron chi connectivity index (χ4n) is 3.93. The number of hydrogen-bond acceptors (Lipinski definition) is 5. The minimum Gasteiger partial charge on any atom is -0.324 e. The highest BCUT2D eigenvalue weighted by atomic mass is 16.2. The summed E-state index contributed by atoms with van der Waals surface area (Å²) in [7, 11) is 0. The van der Waals surface area contributed by atoms with Crippen molar-refractivity contribution in [3.8, 4) is 0 Å². The Bertz CT molecular complexity index is 1400. The van der Waals surface area contributed by atoms with Gasteiger partial charge >= 0.3 is 5.69 Å². The van der Waals surface area contributed by atoms with Crippen LogP contribution in [0.2, 0.25) is 0 Å². The van der Waals surface area contributed by atoms with Crippen LogP contribution in [-0.4, -0.2) is 25.0 Å². The molecule has 3 heterocycles. The number of carbonyl (C=O) groups is 1. The third-order valence-electron chi connectivity index (χ3n) is 5.64. The lowest BCUT2D eigenvalue weighted by atomic mass is 10.0. The number of nitrogens with one attached hydrogen (secondary N) is 1. The Morgan fingerprint density at radius 3 is 2.27 bits per heavy atom. The zero-order valence-corrected chi connectivity index (χ0v) is 18.6. The summed E-state index contributed by atoms with van der Waals surface area (Å²) in [5.41, 5.74) is 3.01. The Morgan fingerprint density at radius 2 is 1.61 bits per heavy atom. The molecule has 0 aliphatic rings. The summed E-state index contributed by atoms with van der Waals surface area (Å²) in [5, 5.41) is 2.99. The van der Waals surface area contributed by atoms with E-state index in [1.807, 2.05) is 32.0 Å². The summed E-state index contributed by atoms with van der Waals surface area (Å²) in [6.45, 7) is 3.89. The van der Waals surface area contributed by atoms with Crippen LogP contribution in [0.5, 0.6) is 0 Å². The van der Waals surface area contributed by atoms with Crippen LogP contribution < -0.4 is 16.6 Å². The minimum absolute atomic E-state index is 0.0625. The minimum atomic E-state index is -0.563. The van der Waals surface area contributed by atoms with Crippen molar-refractivity contribution < 1.29 is 4.79 Å². The van der Waals surface area contributed by atoms with E-state index in [1.54, 1.807) is 36.7 Å². The summed E-state index contributed by atoms with van der Waals surface area (Å²) >= 11 is 0. The van der Waals surface area contributed by atoms with Crippen LogP contribution in [0.15, 0.2) is 70.6 Å². The summed E-state index contributed by atoms with van der Waals surface area (Å²) < 4.78 is 2.41. The number of fused-ring (bicyclic) bond motifs is 1. The number of nitrogens with zero attached hydrogens (tertiary/aromatic N) is 4. The molecule has 3 aromatic heterocycles. The van der Waals surface area contributed by atoms with Gasteiger partial charge < -0.3 is 5.32 Å². The Hall–Kier alpha value is -4.07. The first kappa shape index (κ1) is 22.1. The quantitative estimate of drug-likeness (QED) is 0.474. The van der Waals surface area contributed by atoms with Crippen molar-refractivity contribution in [2.45, 2.75) is 39.8 Å². The Labute approximate surface area is 190 Å². The molecule has 0 unspecified atom stereocenters. The van der Waals surface area contributed by atoms with E-state index in [0.29, 0.717) is 5.52 Å². The fourth-order valence-corrected chi connectivity index (χ4v) is 3.93. The molecular weight excluding hydrogens is 418 g/mol. The highest BCUT2D eigenvalue weighted by Crippen LogP contribution is 2.22. The molecule has 0 saturated heterocycles. The second-order valence-corrected chi connectivity index (χ2v) is 7.69. The number of carbonyl (C=O) groups excluding carboxylic acids is 1. The van der Waals surface area contributed by atoms with Crippen molar-refractivity contribution in [1.82, 2.24) is 19.1 Å². The van der Waals surface area contributed by atoms with Gasteiger partial charge in [-0.1, -0.05) is 32.0 Å². The normalized spacial score (nSPS) is 11.0. The number of para-hydroxylation sites is 1. The average molecular weight is 444 g/mol. The van der Waals surface area contributed by atoms with Crippen LogP contribution in [-0.2, 0) is 30.7 Å². The molecule has 0 saturated carbocycles. The molecular formula is C25H25N5O3. The van der Waals surface area contributed by atoms with Crippen molar-refractivity contribution in [3.05, 3.63) is 98.6 Å². The largest absolute Gasteiger partial charge is 0.332 e. The maximum atomic E-state index is 13.3. The van der Waals surface area contributed by atoms with E-state index in [4.69, 9.17) is 0 Å². The molecule has 1 N–H and O–H groups in total. The van der Waals surface area contributed by atoms with Crippen LogP contribution in [0.1, 0.15) is 30.5 Å². The molecule has 1 aromatic carbocycles. The van der Waals surface area contributed by atoms with Crippen LogP contribution in [0.3, 0.4) is 0 Å². The zero-order valence-electron chi connectivity index (χ0n) is 18.6. The summed E-state index contributed by atoms with van der Waals surface area (Å²) in [5.74, 6) is -0.341. The van der Waals surface area contributed by atoms with Gasteiger partial charge in [0.25, 0.3) is 5.56 Å². The van der Waals surface area contributed by atoms with Gasteiger partial charge in [-0.2, -0.15) is 0 Å². The summed E-state index contributed by atoms with van der Waals surface area (Å²) in [6, 6.07) is 12.7. The molecule has 168 valence electrons. The molecule has 4 rings (SSSR count). The predicted octanol–water partition coefficient (Wildman–Crippen LogP) is 2.77. The van der Waals surface area contributed by atoms with Gasteiger partial charge in [0.2, 0.25) is 5.91 Å². The van der Waals surface area contributed by atoms with Gasteiger partial charge in [-0.25, -0.2) is 9.78 Å². The SMILES string of the molecule is CCc1cccc(CC)c1NC(=O)Cn1c(=O)n(Cc2ccncc2)c(=O)c2ncccc21. The first-order valence-corrected chi connectivity index (χ1v) is 10.9. The second-order valence-electron chi connectivity index (χ2n) is 7.69. The Balaban J connectivity index is 1.76. The smallest absolute Gasteiger partial charge is 0.324 e. The topological polar surface area (TPSA) is 98.9 Å². The molecule has 33 heavy (non-hydrogen) atoms. The third-order valence-corrected chi connectivity index (χ3v) is 5.64. The van der Waals surface area contributed by atoms with Gasteiger partial charge in [-0.3, -0.25) is 23.7 Å². The van der Waals surface area contributed by atoms with Gasteiger partial charge in [0.05, 0.1) is 12.1 Å². The zero-order chi connectivity index (χ0) is 23.4. The molecule has 0 aliphatic carbocycles. The van der Waals surface area contributed by atoms with Gasteiger partial charge in [0.15, 0.2) is 5.52 Å². The Morgan fingerprint density at radius 1 is 0.909 bits per heavy atom. The fraction of sp³-hybridized carbons (Fsp3) is 0.240. The maximum absolute atomic E-state index is 13.3. The van der Waals surface area contributed by atoms with Crippen LogP contribution in [0.4, 0.5) is 5.69 Å². The average Bonchev–Trinajstić information content (AvgIpc) is 2.85. The van der Waals surface area contributed by atoms with Gasteiger partial charge in [-0.15, -0.1) is 0 Å². The first-order valence-electron chi connectivity index (χ1n) is 10.9. The van der Waals surface area contributed by atoms with E-state index in [2.05, 4.69) is 15.3 Å². The number of pyridine rings is 2. The van der Waals surface area contributed by atoms with Crippen molar-refractivity contribution in [2.24, 2.45) is 0 Å². The molecule has 8 nitrogen and oxygen atoms in total. The lowest BCUT2D eigenvalue weighted by Crippen LogP contribution is -2.42. The molecule has 4 aromatic rings. The summed E-state index contributed by atoms with van der Waals surface area (Å²) in [6.07, 6.45) is 6.24. The van der Waals surface area contributed by atoms with E-state index in [9.17, 15) is 14.4 Å². The Kier molecular flexibility index (Phi) is 6.44. The molecule has 0 radical (unpaired) electrons. The molecule has 0 aliphatic heterocycles. The lowest BCUT2D eigenvalue weighted by molar-refractivity contribution is -0.116. The van der Waals surface area contributed by atoms with Gasteiger partial charge in [-0.05, 0) is 53.8 Å². The second kappa shape index (κ2) is 9.60. The lowest BCUT2D eigenvalue weighted by Gasteiger charge is -2.16. The van der Waals surface area contributed by atoms with Crippen molar-refractivity contribution in [3.63, 3.8) is 0 Å². The first-order chi connectivity index (χ1) is 16.0. The highest BCUT2D eigenvalue weighted by molar-refractivity contribution is 5.93. The number of aromatic nitrogens is 4.